The average molecular weight is 264 g/mol. The van der Waals surface area contributed by atoms with Crippen molar-refractivity contribution in [2.75, 3.05) is 19.6 Å². The number of hydrogen-bond donors (Lipinski definition) is 2. The number of carbonyl (C=O) groups is 2. The number of carboxylic acid groups (broad SMARTS) is 1. The maximum atomic E-state index is 11.7. The highest BCUT2D eigenvalue weighted by atomic mass is 16.4. The molecule has 2 N–H and O–H groups in total. The molecule has 0 aliphatic heterocycles. The standard InChI is InChI=1S/C14H20N2O3/c1-3-16(4-2)14(19)15-10-9-11-5-7-12(8-6-11)13(17)18/h5-8H,3-4,9-10H2,1-2H3,(H,15,19)(H,17,18). The molecule has 0 aromatic heterocycles. The van der Waals surface area contributed by atoms with Gasteiger partial charge in [-0.2, -0.15) is 0 Å². The topological polar surface area (TPSA) is 69.6 Å². The first-order chi connectivity index (χ1) is 9.08. The van der Waals surface area contributed by atoms with Gasteiger partial charge in [0.15, 0.2) is 0 Å². The second kappa shape index (κ2) is 7.41. The lowest BCUT2D eigenvalue weighted by atomic mass is 10.1. The molecule has 0 unspecified atom stereocenters. The molecule has 0 atom stereocenters. The fourth-order valence-electron chi connectivity index (χ4n) is 1.75. The summed E-state index contributed by atoms with van der Waals surface area (Å²) in [5.41, 5.74) is 1.28. The van der Waals surface area contributed by atoms with Gasteiger partial charge in [-0.25, -0.2) is 9.59 Å². The number of aromatic carboxylic acids is 1. The smallest absolute Gasteiger partial charge is 0.335 e. The third kappa shape index (κ3) is 4.62. The number of benzene rings is 1. The number of carbonyl (C=O) groups excluding carboxylic acids is 1. The predicted octanol–water partition coefficient (Wildman–Crippen LogP) is 1.98. The molecule has 0 aliphatic carbocycles. The first kappa shape index (κ1) is 15.0. The van der Waals surface area contributed by atoms with Gasteiger partial charge >= 0.3 is 12.0 Å². The summed E-state index contributed by atoms with van der Waals surface area (Å²) in [6.07, 6.45) is 0.687. The van der Waals surface area contributed by atoms with Crippen molar-refractivity contribution in [1.29, 1.82) is 0 Å². The Balaban J connectivity index is 2.41. The molecule has 0 saturated heterocycles. The Morgan fingerprint density at radius 2 is 1.74 bits per heavy atom. The summed E-state index contributed by atoms with van der Waals surface area (Å²) in [6, 6.07) is 6.63. The molecular weight excluding hydrogens is 244 g/mol. The molecule has 1 aromatic carbocycles. The summed E-state index contributed by atoms with van der Waals surface area (Å²) in [7, 11) is 0. The van der Waals surface area contributed by atoms with E-state index in [-0.39, 0.29) is 11.6 Å². The third-order valence-corrected chi connectivity index (χ3v) is 2.94. The van der Waals surface area contributed by atoms with Crippen LogP contribution in [0.25, 0.3) is 0 Å². The third-order valence-electron chi connectivity index (χ3n) is 2.94. The van der Waals surface area contributed by atoms with Crippen LogP contribution in [0.1, 0.15) is 29.8 Å². The number of carboxylic acids is 1. The minimum Gasteiger partial charge on any atom is -0.478 e. The van der Waals surface area contributed by atoms with Crippen molar-refractivity contribution in [3.8, 4) is 0 Å². The highest BCUT2D eigenvalue weighted by Gasteiger charge is 2.07. The summed E-state index contributed by atoms with van der Waals surface area (Å²) in [6.45, 7) is 5.80. The van der Waals surface area contributed by atoms with E-state index in [1.54, 1.807) is 29.2 Å². The highest BCUT2D eigenvalue weighted by Crippen LogP contribution is 2.04. The Bertz CT molecular complexity index is 425. The normalized spacial score (nSPS) is 10.0. The molecule has 2 amide bonds. The van der Waals surface area contributed by atoms with Crippen molar-refractivity contribution >= 4 is 12.0 Å². The van der Waals surface area contributed by atoms with Crippen LogP contribution in [0, 0.1) is 0 Å². The Morgan fingerprint density at radius 1 is 1.16 bits per heavy atom. The Hall–Kier alpha value is -2.04. The number of amides is 2. The van der Waals surface area contributed by atoms with Gasteiger partial charge in [-0.05, 0) is 38.0 Å². The molecule has 0 heterocycles. The molecule has 104 valence electrons. The zero-order valence-corrected chi connectivity index (χ0v) is 11.3. The summed E-state index contributed by atoms with van der Waals surface area (Å²) in [4.78, 5) is 24.1. The number of rotatable bonds is 6. The van der Waals surface area contributed by atoms with Gasteiger partial charge in [0.05, 0.1) is 5.56 Å². The van der Waals surface area contributed by atoms with Gasteiger partial charge in [-0.15, -0.1) is 0 Å². The van der Waals surface area contributed by atoms with Crippen LogP contribution in [0.5, 0.6) is 0 Å². The Labute approximate surface area is 113 Å². The molecule has 0 radical (unpaired) electrons. The zero-order chi connectivity index (χ0) is 14.3. The van der Waals surface area contributed by atoms with Crippen molar-refractivity contribution < 1.29 is 14.7 Å². The minimum atomic E-state index is -0.929. The van der Waals surface area contributed by atoms with E-state index in [0.717, 1.165) is 5.56 Å². The maximum Gasteiger partial charge on any atom is 0.335 e. The minimum absolute atomic E-state index is 0.0628. The van der Waals surface area contributed by atoms with Gasteiger partial charge in [0.2, 0.25) is 0 Å². The van der Waals surface area contributed by atoms with E-state index >= 15 is 0 Å². The van der Waals surface area contributed by atoms with Crippen LogP contribution in [0.2, 0.25) is 0 Å². The summed E-state index contributed by atoms with van der Waals surface area (Å²) >= 11 is 0. The van der Waals surface area contributed by atoms with E-state index in [0.29, 0.717) is 26.1 Å². The maximum absolute atomic E-state index is 11.7. The van der Waals surface area contributed by atoms with E-state index in [9.17, 15) is 9.59 Å². The lowest BCUT2D eigenvalue weighted by Crippen LogP contribution is -2.40. The van der Waals surface area contributed by atoms with Gasteiger partial charge in [0, 0.05) is 19.6 Å². The van der Waals surface area contributed by atoms with Crippen LogP contribution in [0.3, 0.4) is 0 Å². The van der Waals surface area contributed by atoms with Crippen LogP contribution in [0.15, 0.2) is 24.3 Å². The SMILES string of the molecule is CCN(CC)C(=O)NCCc1ccc(C(=O)O)cc1. The van der Waals surface area contributed by atoms with Crippen LogP contribution in [-0.2, 0) is 6.42 Å². The second-order valence-corrected chi connectivity index (χ2v) is 4.16. The molecule has 0 fully saturated rings. The largest absolute Gasteiger partial charge is 0.478 e. The van der Waals surface area contributed by atoms with Gasteiger partial charge in [0.1, 0.15) is 0 Å². The van der Waals surface area contributed by atoms with Gasteiger partial charge < -0.3 is 15.3 Å². The van der Waals surface area contributed by atoms with E-state index in [2.05, 4.69) is 5.32 Å². The van der Waals surface area contributed by atoms with Crippen molar-refractivity contribution in [1.82, 2.24) is 10.2 Å². The molecule has 0 aliphatic rings. The van der Waals surface area contributed by atoms with Crippen molar-refractivity contribution in [2.45, 2.75) is 20.3 Å². The molecule has 1 rings (SSSR count). The molecule has 0 spiro atoms. The molecule has 5 nitrogen and oxygen atoms in total. The number of nitrogens with one attached hydrogen (secondary N) is 1. The lowest BCUT2D eigenvalue weighted by Gasteiger charge is -2.19. The molecular formula is C14H20N2O3. The monoisotopic (exact) mass is 264 g/mol. The first-order valence-electron chi connectivity index (χ1n) is 6.43. The zero-order valence-electron chi connectivity index (χ0n) is 11.3. The van der Waals surface area contributed by atoms with E-state index in [1.807, 2.05) is 13.8 Å². The van der Waals surface area contributed by atoms with E-state index in [1.165, 1.54) is 0 Å². The Morgan fingerprint density at radius 3 is 2.21 bits per heavy atom. The molecule has 5 heteroatoms. The van der Waals surface area contributed by atoms with Gasteiger partial charge in [0.25, 0.3) is 0 Å². The van der Waals surface area contributed by atoms with Crippen LogP contribution in [-0.4, -0.2) is 41.6 Å². The van der Waals surface area contributed by atoms with Crippen molar-refractivity contribution in [3.63, 3.8) is 0 Å². The van der Waals surface area contributed by atoms with E-state index < -0.39 is 5.97 Å². The molecule has 0 bridgehead atoms. The number of nitrogens with zero attached hydrogens (tertiary/aromatic N) is 1. The van der Waals surface area contributed by atoms with Crippen LogP contribution >= 0.6 is 0 Å². The summed E-state index contributed by atoms with van der Waals surface area (Å²) in [5.74, 6) is -0.929. The summed E-state index contributed by atoms with van der Waals surface area (Å²) in [5, 5.41) is 11.6. The first-order valence-corrected chi connectivity index (χ1v) is 6.43. The molecule has 0 saturated carbocycles. The lowest BCUT2D eigenvalue weighted by molar-refractivity contribution is 0.0697. The van der Waals surface area contributed by atoms with Gasteiger partial charge in [-0.1, -0.05) is 12.1 Å². The molecule has 1 aromatic rings. The van der Waals surface area contributed by atoms with Crippen LogP contribution in [0.4, 0.5) is 4.79 Å². The average Bonchev–Trinajstić information content (AvgIpc) is 2.40. The number of hydrogen-bond acceptors (Lipinski definition) is 2. The molecule has 19 heavy (non-hydrogen) atoms. The van der Waals surface area contributed by atoms with E-state index in [4.69, 9.17) is 5.11 Å². The van der Waals surface area contributed by atoms with Gasteiger partial charge in [-0.3, -0.25) is 0 Å². The fourth-order valence-corrected chi connectivity index (χ4v) is 1.75. The second-order valence-electron chi connectivity index (χ2n) is 4.16. The van der Waals surface area contributed by atoms with Crippen molar-refractivity contribution in [3.05, 3.63) is 35.4 Å². The predicted molar refractivity (Wildman–Crippen MR) is 73.4 cm³/mol. The fraction of sp³-hybridized carbons (Fsp3) is 0.429. The number of urea groups is 1. The summed E-state index contributed by atoms with van der Waals surface area (Å²) < 4.78 is 0. The Kier molecular flexibility index (Phi) is 5.85. The van der Waals surface area contributed by atoms with Crippen molar-refractivity contribution in [2.24, 2.45) is 0 Å². The highest BCUT2D eigenvalue weighted by molar-refractivity contribution is 5.87. The van der Waals surface area contributed by atoms with Crippen LogP contribution < -0.4 is 5.32 Å². The quantitative estimate of drug-likeness (QED) is 0.825.